The number of carbonyl (C=O) groups excluding carboxylic acids is 1. The minimum absolute atomic E-state index is 0.146. The first kappa shape index (κ1) is 14.8. The monoisotopic (exact) mass is 278 g/mol. The van der Waals surface area contributed by atoms with Crippen LogP contribution >= 0.6 is 0 Å². The SMILES string of the molecule is COCc1ccccc1NC(=O)NC1CCC(O)CC1. The Bertz CT molecular complexity index is 442. The van der Waals surface area contributed by atoms with Crippen molar-refractivity contribution >= 4 is 11.7 Å². The van der Waals surface area contributed by atoms with E-state index < -0.39 is 0 Å². The summed E-state index contributed by atoms with van der Waals surface area (Å²) in [6.07, 6.45) is 2.96. The predicted molar refractivity (Wildman–Crippen MR) is 77.6 cm³/mol. The molecule has 1 aliphatic rings. The number of hydrogen-bond donors (Lipinski definition) is 3. The van der Waals surface area contributed by atoms with Crippen LogP contribution in [0.3, 0.4) is 0 Å². The van der Waals surface area contributed by atoms with E-state index in [1.165, 1.54) is 0 Å². The van der Waals surface area contributed by atoms with E-state index in [4.69, 9.17) is 4.74 Å². The van der Waals surface area contributed by atoms with Gasteiger partial charge in [0, 0.05) is 24.4 Å². The zero-order valence-corrected chi connectivity index (χ0v) is 11.8. The Hall–Kier alpha value is -1.59. The standard InChI is InChI=1S/C15H22N2O3/c1-20-10-11-4-2-3-5-14(11)17-15(19)16-12-6-8-13(18)9-7-12/h2-5,12-13,18H,6-10H2,1H3,(H2,16,17,19). The molecule has 0 atom stereocenters. The molecule has 0 aromatic heterocycles. The van der Waals surface area contributed by atoms with Gasteiger partial charge in [-0.05, 0) is 31.7 Å². The second-order valence-electron chi connectivity index (χ2n) is 5.19. The number of carbonyl (C=O) groups is 1. The number of ether oxygens (including phenoxy) is 1. The largest absolute Gasteiger partial charge is 0.393 e. The maximum Gasteiger partial charge on any atom is 0.319 e. The first-order chi connectivity index (χ1) is 9.69. The van der Waals surface area contributed by atoms with Gasteiger partial charge in [-0.25, -0.2) is 4.79 Å². The van der Waals surface area contributed by atoms with Crippen molar-refractivity contribution in [3.05, 3.63) is 29.8 Å². The summed E-state index contributed by atoms with van der Waals surface area (Å²) in [6.45, 7) is 0.464. The van der Waals surface area contributed by atoms with E-state index in [1.54, 1.807) is 7.11 Å². The van der Waals surface area contributed by atoms with Gasteiger partial charge in [0.1, 0.15) is 0 Å². The van der Waals surface area contributed by atoms with Crippen molar-refractivity contribution in [2.24, 2.45) is 0 Å². The number of hydrogen-bond acceptors (Lipinski definition) is 3. The second-order valence-corrected chi connectivity index (χ2v) is 5.19. The van der Waals surface area contributed by atoms with Crippen LogP contribution in [0.1, 0.15) is 31.2 Å². The molecule has 5 heteroatoms. The van der Waals surface area contributed by atoms with E-state index in [0.29, 0.717) is 6.61 Å². The van der Waals surface area contributed by atoms with E-state index in [9.17, 15) is 9.90 Å². The summed E-state index contributed by atoms with van der Waals surface area (Å²) >= 11 is 0. The second kappa shape index (κ2) is 7.26. The maximum atomic E-state index is 12.0. The number of methoxy groups -OCH3 is 1. The van der Waals surface area contributed by atoms with Crippen LogP contribution in [0.25, 0.3) is 0 Å². The highest BCUT2D eigenvalue weighted by molar-refractivity contribution is 5.90. The van der Waals surface area contributed by atoms with Crippen LogP contribution in [0.5, 0.6) is 0 Å². The lowest BCUT2D eigenvalue weighted by molar-refractivity contribution is 0.118. The summed E-state index contributed by atoms with van der Waals surface area (Å²) in [4.78, 5) is 12.0. The number of nitrogens with one attached hydrogen (secondary N) is 2. The molecule has 0 heterocycles. The molecule has 0 aliphatic heterocycles. The van der Waals surface area contributed by atoms with E-state index in [1.807, 2.05) is 24.3 Å². The van der Waals surface area contributed by atoms with E-state index in [2.05, 4.69) is 10.6 Å². The average molecular weight is 278 g/mol. The van der Waals surface area contributed by atoms with Gasteiger partial charge < -0.3 is 20.5 Å². The Morgan fingerprint density at radius 3 is 2.70 bits per heavy atom. The molecule has 0 unspecified atom stereocenters. The molecule has 1 aromatic rings. The number of para-hydroxylation sites is 1. The lowest BCUT2D eigenvalue weighted by Gasteiger charge is -2.26. The summed E-state index contributed by atoms with van der Waals surface area (Å²) in [6, 6.07) is 7.53. The number of anilines is 1. The quantitative estimate of drug-likeness (QED) is 0.791. The van der Waals surface area contributed by atoms with Gasteiger partial charge in [-0.3, -0.25) is 0 Å². The predicted octanol–water partition coefficient (Wildman–Crippen LogP) is 2.26. The normalized spacial score (nSPS) is 22.3. The van der Waals surface area contributed by atoms with Crippen LogP contribution in [-0.2, 0) is 11.3 Å². The molecule has 1 saturated carbocycles. The Morgan fingerprint density at radius 2 is 2.00 bits per heavy atom. The minimum atomic E-state index is -0.210. The Balaban J connectivity index is 1.88. The molecule has 1 aliphatic carbocycles. The van der Waals surface area contributed by atoms with Gasteiger partial charge in [0.25, 0.3) is 0 Å². The lowest BCUT2D eigenvalue weighted by atomic mass is 9.93. The van der Waals surface area contributed by atoms with Crippen LogP contribution in [-0.4, -0.2) is 30.4 Å². The van der Waals surface area contributed by atoms with E-state index in [0.717, 1.165) is 36.9 Å². The Labute approximate surface area is 119 Å². The number of urea groups is 1. The van der Waals surface area contributed by atoms with Crippen LogP contribution in [0.15, 0.2) is 24.3 Å². The van der Waals surface area contributed by atoms with Crippen molar-refractivity contribution in [2.75, 3.05) is 12.4 Å². The highest BCUT2D eigenvalue weighted by Crippen LogP contribution is 2.19. The summed E-state index contributed by atoms with van der Waals surface area (Å²) in [5.74, 6) is 0. The molecule has 0 spiro atoms. The van der Waals surface area contributed by atoms with E-state index in [-0.39, 0.29) is 18.2 Å². The van der Waals surface area contributed by atoms with Gasteiger partial charge in [-0.1, -0.05) is 18.2 Å². The van der Waals surface area contributed by atoms with Crippen molar-refractivity contribution in [1.29, 1.82) is 0 Å². The average Bonchev–Trinajstić information content (AvgIpc) is 2.44. The van der Waals surface area contributed by atoms with Crippen molar-refractivity contribution in [2.45, 2.75) is 44.4 Å². The van der Waals surface area contributed by atoms with Crippen molar-refractivity contribution in [3.63, 3.8) is 0 Å². The van der Waals surface area contributed by atoms with Gasteiger partial charge in [0.2, 0.25) is 0 Å². The van der Waals surface area contributed by atoms with Gasteiger partial charge in [0.15, 0.2) is 0 Å². The molecule has 1 fully saturated rings. The molecule has 5 nitrogen and oxygen atoms in total. The van der Waals surface area contributed by atoms with Crippen molar-refractivity contribution in [1.82, 2.24) is 5.32 Å². The molecular formula is C15H22N2O3. The molecule has 0 saturated heterocycles. The first-order valence-corrected chi connectivity index (χ1v) is 7.01. The molecule has 20 heavy (non-hydrogen) atoms. The number of rotatable bonds is 4. The molecule has 0 bridgehead atoms. The summed E-state index contributed by atoms with van der Waals surface area (Å²) < 4.78 is 5.11. The fourth-order valence-corrected chi connectivity index (χ4v) is 2.49. The molecular weight excluding hydrogens is 256 g/mol. The molecule has 0 radical (unpaired) electrons. The molecule has 2 amide bonds. The number of aliphatic hydroxyl groups is 1. The van der Waals surface area contributed by atoms with E-state index >= 15 is 0 Å². The third-order valence-corrected chi connectivity index (χ3v) is 3.60. The van der Waals surface area contributed by atoms with Gasteiger partial charge in [0.05, 0.1) is 12.7 Å². The van der Waals surface area contributed by atoms with Gasteiger partial charge in [-0.2, -0.15) is 0 Å². The van der Waals surface area contributed by atoms with Crippen molar-refractivity contribution in [3.8, 4) is 0 Å². The van der Waals surface area contributed by atoms with Crippen LogP contribution in [0.2, 0.25) is 0 Å². The third-order valence-electron chi connectivity index (χ3n) is 3.60. The first-order valence-electron chi connectivity index (χ1n) is 7.01. The molecule has 2 rings (SSSR count). The molecule has 1 aromatic carbocycles. The number of benzene rings is 1. The smallest absolute Gasteiger partial charge is 0.319 e. The number of amides is 2. The topological polar surface area (TPSA) is 70.6 Å². The molecule has 3 N–H and O–H groups in total. The third kappa shape index (κ3) is 4.21. The van der Waals surface area contributed by atoms with Crippen LogP contribution < -0.4 is 10.6 Å². The van der Waals surface area contributed by atoms with Gasteiger partial charge >= 0.3 is 6.03 Å². The fraction of sp³-hybridized carbons (Fsp3) is 0.533. The zero-order chi connectivity index (χ0) is 14.4. The zero-order valence-electron chi connectivity index (χ0n) is 11.8. The highest BCUT2D eigenvalue weighted by atomic mass is 16.5. The summed E-state index contributed by atoms with van der Waals surface area (Å²) in [5.41, 5.74) is 1.71. The summed E-state index contributed by atoms with van der Waals surface area (Å²) in [7, 11) is 1.63. The fourth-order valence-electron chi connectivity index (χ4n) is 2.49. The summed E-state index contributed by atoms with van der Waals surface area (Å²) in [5, 5.41) is 15.3. The number of aliphatic hydroxyl groups excluding tert-OH is 1. The Morgan fingerprint density at radius 1 is 1.30 bits per heavy atom. The van der Waals surface area contributed by atoms with Gasteiger partial charge in [-0.15, -0.1) is 0 Å². The minimum Gasteiger partial charge on any atom is -0.393 e. The van der Waals surface area contributed by atoms with Crippen LogP contribution in [0, 0.1) is 0 Å². The molecule has 110 valence electrons. The maximum absolute atomic E-state index is 12.0. The highest BCUT2D eigenvalue weighted by Gasteiger charge is 2.20. The van der Waals surface area contributed by atoms with Crippen LogP contribution in [0.4, 0.5) is 10.5 Å². The Kier molecular flexibility index (Phi) is 5.38. The van der Waals surface area contributed by atoms with Crippen molar-refractivity contribution < 1.29 is 14.6 Å². The lowest BCUT2D eigenvalue weighted by Crippen LogP contribution is -2.41.